The molecule has 0 atom stereocenters. The van der Waals surface area contributed by atoms with Gasteiger partial charge in [-0.15, -0.1) is 0 Å². The van der Waals surface area contributed by atoms with Crippen molar-refractivity contribution in [2.75, 3.05) is 26.6 Å². The highest BCUT2D eigenvalue weighted by Gasteiger charge is 2.36. The molecule has 0 unspecified atom stereocenters. The minimum atomic E-state index is -0.212. The quantitative estimate of drug-likeness (QED) is 0.581. The van der Waals surface area contributed by atoms with E-state index >= 15 is 0 Å². The molecule has 2 aliphatic heterocycles. The Labute approximate surface area is 193 Å². The summed E-state index contributed by atoms with van der Waals surface area (Å²) in [5.41, 5.74) is 2.58. The van der Waals surface area contributed by atoms with Crippen LogP contribution < -0.4 is 19.5 Å². The van der Waals surface area contributed by atoms with E-state index in [1.165, 1.54) is 0 Å². The third kappa shape index (κ3) is 4.81. The number of ether oxygens (including phenoxy) is 4. The van der Waals surface area contributed by atoms with Gasteiger partial charge in [0.2, 0.25) is 6.79 Å². The van der Waals surface area contributed by atoms with Crippen LogP contribution in [0.5, 0.6) is 17.2 Å². The summed E-state index contributed by atoms with van der Waals surface area (Å²) >= 11 is 0. The molecule has 5 rings (SSSR count). The minimum absolute atomic E-state index is 0.119. The fourth-order valence-corrected chi connectivity index (χ4v) is 4.38. The predicted molar refractivity (Wildman–Crippen MR) is 124 cm³/mol. The highest BCUT2D eigenvalue weighted by Crippen LogP contribution is 2.40. The molecule has 1 fully saturated rings. The average Bonchev–Trinajstić information content (AvgIpc) is 3.35. The number of carbonyl (C=O) groups excluding carboxylic acids is 1. The van der Waals surface area contributed by atoms with Crippen molar-refractivity contribution in [3.05, 3.63) is 89.5 Å². The van der Waals surface area contributed by atoms with E-state index in [0.29, 0.717) is 37.7 Å². The molecule has 1 amide bonds. The lowest BCUT2D eigenvalue weighted by molar-refractivity contribution is 0.0486. The first-order valence-electron chi connectivity index (χ1n) is 11.2. The molecule has 1 saturated heterocycles. The second kappa shape index (κ2) is 9.55. The summed E-state index contributed by atoms with van der Waals surface area (Å²) in [6.45, 7) is 2.54. The number of rotatable bonds is 7. The van der Waals surface area contributed by atoms with Crippen molar-refractivity contribution in [1.82, 2.24) is 5.32 Å². The maximum absolute atomic E-state index is 13.0. The molecule has 1 N–H and O–H groups in total. The molecule has 6 heteroatoms. The highest BCUT2D eigenvalue weighted by molar-refractivity contribution is 5.94. The first kappa shape index (κ1) is 21.3. The minimum Gasteiger partial charge on any atom is -0.489 e. The average molecular weight is 446 g/mol. The van der Waals surface area contributed by atoms with Gasteiger partial charge in [0.1, 0.15) is 12.4 Å². The Kier molecular flexibility index (Phi) is 6.17. The molecule has 0 aliphatic carbocycles. The largest absolute Gasteiger partial charge is 0.489 e. The van der Waals surface area contributed by atoms with E-state index in [1.807, 2.05) is 60.7 Å². The summed E-state index contributed by atoms with van der Waals surface area (Å²) in [6.07, 6.45) is 1.65. The summed E-state index contributed by atoms with van der Waals surface area (Å²) < 4.78 is 22.6. The van der Waals surface area contributed by atoms with Crippen molar-refractivity contribution < 1.29 is 23.7 Å². The van der Waals surface area contributed by atoms with Crippen molar-refractivity contribution in [1.29, 1.82) is 0 Å². The van der Waals surface area contributed by atoms with E-state index in [9.17, 15) is 4.79 Å². The Morgan fingerprint density at radius 3 is 2.58 bits per heavy atom. The van der Waals surface area contributed by atoms with Crippen LogP contribution in [0.25, 0.3) is 0 Å². The molecule has 170 valence electrons. The fourth-order valence-electron chi connectivity index (χ4n) is 4.38. The first-order valence-corrected chi connectivity index (χ1v) is 11.2. The number of hydrogen-bond acceptors (Lipinski definition) is 5. The Morgan fingerprint density at radius 1 is 0.909 bits per heavy atom. The SMILES string of the molecule is O=C(NCC1(c2ccc3c(c2)OCO3)CCOCC1)c1cccc(OCc2ccccc2)c1. The van der Waals surface area contributed by atoms with Crippen LogP contribution in [-0.2, 0) is 16.8 Å². The second-order valence-electron chi connectivity index (χ2n) is 8.45. The summed E-state index contributed by atoms with van der Waals surface area (Å²) in [7, 11) is 0. The summed E-state index contributed by atoms with van der Waals surface area (Å²) in [5.74, 6) is 2.07. The zero-order valence-corrected chi connectivity index (χ0v) is 18.4. The lowest BCUT2D eigenvalue weighted by atomic mass is 9.74. The van der Waals surface area contributed by atoms with Crippen LogP contribution in [0.1, 0.15) is 34.3 Å². The monoisotopic (exact) mass is 445 g/mol. The number of amides is 1. The Morgan fingerprint density at radius 2 is 1.73 bits per heavy atom. The van der Waals surface area contributed by atoms with Crippen LogP contribution in [0.2, 0.25) is 0 Å². The van der Waals surface area contributed by atoms with Crippen LogP contribution in [0.3, 0.4) is 0 Å². The predicted octanol–water partition coefficient (Wildman–Crippen LogP) is 4.47. The van der Waals surface area contributed by atoms with Gasteiger partial charge in [-0.1, -0.05) is 42.5 Å². The number of carbonyl (C=O) groups is 1. The molecule has 0 spiro atoms. The van der Waals surface area contributed by atoms with Crippen molar-refractivity contribution >= 4 is 5.91 Å². The highest BCUT2D eigenvalue weighted by atomic mass is 16.7. The number of benzene rings is 3. The van der Waals surface area contributed by atoms with E-state index in [-0.39, 0.29) is 18.1 Å². The van der Waals surface area contributed by atoms with Gasteiger partial charge in [-0.05, 0) is 54.3 Å². The lowest BCUT2D eigenvalue weighted by Gasteiger charge is -2.38. The van der Waals surface area contributed by atoms with Crippen molar-refractivity contribution in [3.8, 4) is 17.2 Å². The van der Waals surface area contributed by atoms with Gasteiger partial charge in [-0.25, -0.2) is 0 Å². The van der Waals surface area contributed by atoms with Crippen LogP contribution in [0, 0.1) is 0 Å². The van der Waals surface area contributed by atoms with Gasteiger partial charge in [0, 0.05) is 30.7 Å². The molecule has 2 heterocycles. The third-order valence-corrected chi connectivity index (χ3v) is 6.37. The number of nitrogens with one attached hydrogen (secondary N) is 1. The number of hydrogen-bond donors (Lipinski definition) is 1. The molecular formula is C27H27NO5. The van der Waals surface area contributed by atoms with Crippen LogP contribution >= 0.6 is 0 Å². The van der Waals surface area contributed by atoms with Gasteiger partial charge in [-0.2, -0.15) is 0 Å². The standard InChI is InChI=1S/C27H27NO5/c29-26(21-7-4-8-23(15-21)31-17-20-5-2-1-3-6-20)28-18-27(11-13-30-14-12-27)22-9-10-24-25(16-22)33-19-32-24/h1-10,15-16H,11-14,17-19H2,(H,28,29). The third-order valence-electron chi connectivity index (χ3n) is 6.37. The lowest BCUT2D eigenvalue weighted by Crippen LogP contribution is -2.44. The molecule has 0 bridgehead atoms. The Bertz CT molecular complexity index is 1110. The maximum Gasteiger partial charge on any atom is 0.251 e. The first-order chi connectivity index (χ1) is 16.2. The van der Waals surface area contributed by atoms with E-state index < -0.39 is 0 Å². The fraction of sp³-hybridized carbons (Fsp3) is 0.296. The molecule has 0 aromatic heterocycles. The molecule has 3 aromatic carbocycles. The molecule has 2 aliphatic rings. The summed E-state index contributed by atoms with van der Waals surface area (Å²) in [5, 5.41) is 3.15. The van der Waals surface area contributed by atoms with E-state index in [0.717, 1.165) is 35.5 Å². The number of fused-ring (bicyclic) bond motifs is 1. The van der Waals surface area contributed by atoms with Gasteiger partial charge in [0.15, 0.2) is 11.5 Å². The topological polar surface area (TPSA) is 66.0 Å². The van der Waals surface area contributed by atoms with Crippen LogP contribution in [0.15, 0.2) is 72.8 Å². The van der Waals surface area contributed by atoms with Gasteiger partial charge < -0.3 is 24.3 Å². The van der Waals surface area contributed by atoms with Gasteiger partial charge in [-0.3, -0.25) is 4.79 Å². The molecular weight excluding hydrogens is 418 g/mol. The van der Waals surface area contributed by atoms with E-state index in [4.69, 9.17) is 18.9 Å². The van der Waals surface area contributed by atoms with Crippen molar-refractivity contribution in [2.45, 2.75) is 24.9 Å². The summed E-state index contributed by atoms with van der Waals surface area (Å²) in [4.78, 5) is 13.0. The van der Waals surface area contributed by atoms with E-state index in [1.54, 1.807) is 6.07 Å². The maximum atomic E-state index is 13.0. The van der Waals surface area contributed by atoms with Crippen LogP contribution in [0.4, 0.5) is 0 Å². The van der Waals surface area contributed by atoms with Crippen LogP contribution in [-0.4, -0.2) is 32.5 Å². The molecule has 33 heavy (non-hydrogen) atoms. The molecule has 3 aromatic rings. The van der Waals surface area contributed by atoms with Gasteiger partial charge in [0.25, 0.3) is 5.91 Å². The normalized spacial score (nSPS) is 16.2. The van der Waals surface area contributed by atoms with Gasteiger partial charge in [0.05, 0.1) is 0 Å². The zero-order valence-electron chi connectivity index (χ0n) is 18.4. The zero-order chi connectivity index (χ0) is 22.5. The smallest absolute Gasteiger partial charge is 0.251 e. The molecule has 6 nitrogen and oxygen atoms in total. The van der Waals surface area contributed by atoms with E-state index in [2.05, 4.69) is 11.4 Å². The summed E-state index contributed by atoms with van der Waals surface area (Å²) in [6, 6.07) is 23.3. The molecule has 0 radical (unpaired) electrons. The second-order valence-corrected chi connectivity index (χ2v) is 8.45. The molecule has 0 saturated carbocycles. The Balaban J connectivity index is 1.27. The van der Waals surface area contributed by atoms with Gasteiger partial charge >= 0.3 is 0 Å². The van der Waals surface area contributed by atoms with Crippen molar-refractivity contribution in [2.24, 2.45) is 0 Å². The Hall–Kier alpha value is -3.51. The van der Waals surface area contributed by atoms with Crippen molar-refractivity contribution in [3.63, 3.8) is 0 Å².